The highest BCUT2D eigenvalue weighted by molar-refractivity contribution is 5.99. The minimum Gasteiger partial charge on any atom is -0.505 e. The highest BCUT2D eigenvalue weighted by Gasteiger charge is 2.25. The standard InChI is InChI=1S/C18H23N3O5/c1-5-10(9-26-4)19-13-14(17(24)16(13)23)20-12-8-6-7-11(15(12)22)18(25)21(2)3/h6-8,10,19-20,22H,5,9H2,1-4H3. The molecule has 0 aliphatic carbocycles. The zero-order valence-corrected chi connectivity index (χ0v) is 15.3. The predicted molar refractivity (Wildman–Crippen MR) is 100 cm³/mol. The molecule has 0 aromatic heterocycles. The lowest BCUT2D eigenvalue weighted by atomic mass is 10.1. The zero-order valence-electron chi connectivity index (χ0n) is 15.3. The summed E-state index contributed by atoms with van der Waals surface area (Å²) in [6, 6.07) is 4.46. The smallest absolute Gasteiger partial charge is 0.257 e. The highest BCUT2D eigenvalue weighted by atomic mass is 16.5. The second-order valence-corrected chi connectivity index (χ2v) is 6.14. The first kappa shape index (κ1) is 19.5. The molecule has 1 unspecified atom stereocenters. The largest absolute Gasteiger partial charge is 0.505 e. The summed E-state index contributed by atoms with van der Waals surface area (Å²) < 4.78 is 5.08. The highest BCUT2D eigenvalue weighted by Crippen LogP contribution is 2.32. The maximum Gasteiger partial charge on any atom is 0.257 e. The zero-order chi connectivity index (χ0) is 19.4. The lowest BCUT2D eigenvalue weighted by Gasteiger charge is -2.21. The van der Waals surface area contributed by atoms with Gasteiger partial charge in [-0.05, 0) is 18.6 Å². The van der Waals surface area contributed by atoms with E-state index in [1.807, 2.05) is 6.92 Å². The van der Waals surface area contributed by atoms with Gasteiger partial charge in [0.15, 0.2) is 5.75 Å². The van der Waals surface area contributed by atoms with Crippen LogP contribution in [0.1, 0.15) is 23.7 Å². The number of anilines is 3. The van der Waals surface area contributed by atoms with Crippen LogP contribution in [0.25, 0.3) is 0 Å². The van der Waals surface area contributed by atoms with Crippen molar-refractivity contribution in [1.29, 1.82) is 0 Å². The number of hydrogen-bond donors (Lipinski definition) is 3. The van der Waals surface area contributed by atoms with Gasteiger partial charge in [-0.25, -0.2) is 0 Å². The monoisotopic (exact) mass is 361 g/mol. The Balaban J connectivity index is 2.32. The molecule has 2 aromatic rings. The normalized spacial score (nSPS) is 12.0. The molecule has 1 atom stereocenters. The summed E-state index contributed by atoms with van der Waals surface area (Å²) in [5.41, 5.74) is -0.811. The van der Waals surface area contributed by atoms with Crippen LogP contribution in [-0.4, -0.2) is 49.8 Å². The quantitative estimate of drug-likeness (QED) is 0.480. The van der Waals surface area contributed by atoms with E-state index < -0.39 is 10.9 Å². The Kier molecular flexibility index (Phi) is 5.99. The molecular formula is C18H23N3O5. The summed E-state index contributed by atoms with van der Waals surface area (Å²) in [5, 5.41) is 16.1. The van der Waals surface area contributed by atoms with Crippen molar-refractivity contribution in [2.75, 3.05) is 38.4 Å². The first-order chi connectivity index (χ1) is 12.3. The minimum absolute atomic E-state index is 0.0642. The fourth-order valence-electron chi connectivity index (χ4n) is 2.51. The van der Waals surface area contributed by atoms with Gasteiger partial charge in [0.05, 0.1) is 17.9 Å². The second-order valence-electron chi connectivity index (χ2n) is 6.14. The number of carbonyl (C=O) groups is 1. The van der Waals surface area contributed by atoms with Gasteiger partial charge in [0.25, 0.3) is 16.8 Å². The van der Waals surface area contributed by atoms with Gasteiger partial charge in [0.1, 0.15) is 11.4 Å². The van der Waals surface area contributed by atoms with Crippen molar-refractivity contribution in [2.45, 2.75) is 19.4 Å². The van der Waals surface area contributed by atoms with Crippen LogP contribution in [0.5, 0.6) is 5.75 Å². The molecule has 0 saturated heterocycles. The summed E-state index contributed by atoms with van der Waals surface area (Å²) in [4.78, 5) is 37.3. The van der Waals surface area contributed by atoms with E-state index in [2.05, 4.69) is 10.6 Å². The van der Waals surface area contributed by atoms with Crippen molar-refractivity contribution >= 4 is 23.0 Å². The van der Waals surface area contributed by atoms with Gasteiger partial charge in [0.2, 0.25) is 0 Å². The van der Waals surface area contributed by atoms with Crippen LogP contribution in [0, 0.1) is 0 Å². The number of phenols is 1. The Labute approximate surface area is 151 Å². The Morgan fingerprint density at radius 2 is 1.88 bits per heavy atom. The van der Waals surface area contributed by atoms with Crippen molar-refractivity contribution in [2.24, 2.45) is 0 Å². The topological polar surface area (TPSA) is 108 Å². The average molecular weight is 361 g/mol. The molecule has 0 bridgehead atoms. The molecule has 8 heteroatoms. The van der Waals surface area contributed by atoms with Gasteiger partial charge in [-0.2, -0.15) is 0 Å². The van der Waals surface area contributed by atoms with Crippen LogP contribution < -0.4 is 21.5 Å². The Bertz CT molecular complexity index is 868. The van der Waals surface area contributed by atoms with Gasteiger partial charge in [-0.1, -0.05) is 13.0 Å². The van der Waals surface area contributed by atoms with Crippen molar-refractivity contribution in [1.82, 2.24) is 4.90 Å². The third-order valence-electron chi connectivity index (χ3n) is 4.05. The molecule has 0 radical (unpaired) electrons. The number of aromatic hydroxyl groups is 1. The maximum absolute atomic E-state index is 12.1. The van der Waals surface area contributed by atoms with Crippen LogP contribution >= 0.6 is 0 Å². The molecule has 3 N–H and O–H groups in total. The molecule has 2 rings (SSSR count). The van der Waals surface area contributed by atoms with E-state index in [-0.39, 0.29) is 40.3 Å². The number of para-hydroxylation sites is 1. The molecule has 0 aliphatic rings. The van der Waals surface area contributed by atoms with Crippen molar-refractivity contribution in [3.8, 4) is 5.75 Å². The van der Waals surface area contributed by atoms with E-state index in [9.17, 15) is 19.5 Å². The molecule has 0 spiro atoms. The van der Waals surface area contributed by atoms with Crippen molar-refractivity contribution in [3.05, 3.63) is 44.2 Å². The van der Waals surface area contributed by atoms with Gasteiger partial charge in [-0.3, -0.25) is 14.4 Å². The number of hydrogen-bond acceptors (Lipinski definition) is 7. The van der Waals surface area contributed by atoms with Crippen LogP contribution in [-0.2, 0) is 4.74 Å². The van der Waals surface area contributed by atoms with Gasteiger partial charge in [-0.15, -0.1) is 0 Å². The first-order valence-corrected chi connectivity index (χ1v) is 8.21. The third kappa shape index (κ3) is 3.70. The number of nitrogens with zero attached hydrogens (tertiary/aromatic N) is 1. The van der Waals surface area contributed by atoms with E-state index in [1.165, 1.54) is 17.0 Å². The number of methoxy groups -OCH3 is 1. The fraction of sp³-hybridized carbons (Fsp3) is 0.389. The summed E-state index contributed by atoms with van der Waals surface area (Å²) in [6.45, 7) is 2.31. The molecular weight excluding hydrogens is 338 g/mol. The van der Waals surface area contributed by atoms with E-state index in [0.717, 1.165) is 0 Å². The molecule has 8 nitrogen and oxygen atoms in total. The van der Waals surface area contributed by atoms with Crippen molar-refractivity contribution < 1.29 is 14.6 Å². The van der Waals surface area contributed by atoms with E-state index in [0.29, 0.717) is 13.0 Å². The van der Waals surface area contributed by atoms with Gasteiger partial charge < -0.3 is 25.4 Å². The minimum atomic E-state index is -0.677. The molecule has 0 heterocycles. The van der Waals surface area contributed by atoms with E-state index in [1.54, 1.807) is 27.3 Å². The number of rotatable bonds is 8. The summed E-state index contributed by atoms with van der Waals surface area (Å²) in [5.74, 6) is -0.658. The number of ether oxygens (including phenoxy) is 1. The van der Waals surface area contributed by atoms with Crippen molar-refractivity contribution in [3.63, 3.8) is 0 Å². The maximum atomic E-state index is 12.1. The number of benzene rings is 1. The lowest BCUT2D eigenvalue weighted by Crippen LogP contribution is -2.40. The Morgan fingerprint density at radius 1 is 1.23 bits per heavy atom. The first-order valence-electron chi connectivity index (χ1n) is 8.21. The van der Waals surface area contributed by atoms with Crippen LogP contribution in [0.4, 0.5) is 17.1 Å². The number of phenolic OH excluding ortho intramolecular Hbond substituents is 1. The molecule has 140 valence electrons. The molecule has 1 amide bonds. The molecule has 0 fully saturated rings. The summed E-state index contributed by atoms with van der Waals surface area (Å²) in [7, 11) is 4.69. The molecule has 0 saturated carbocycles. The Hall–Kier alpha value is -2.87. The van der Waals surface area contributed by atoms with E-state index in [4.69, 9.17) is 4.74 Å². The predicted octanol–water partition coefficient (Wildman–Crippen LogP) is 1.27. The fourth-order valence-corrected chi connectivity index (χ4v) is 2.51. The molecule has 0 aliphatic heterocycles. The number of amides is 1. The average Bonchev–Trinajstić information content (AvgIpc) is 2.63. The summed E-state index contributed by atoms with van der Waals surface area (Å²) >= 11 is 0. The SMILES string of the molecule is CCC(COC)Nc1c(Nc2cccc(C(=O)N(C)C)c2O)c(=O)c1=O. The van der Waals surface area contributed by atoms with Crippen LogP contribution in [0.3, 0.4) is 0 Å². The summed E-state index contributed by atoms with van der Waals surface area (Å²) in [6.07, 6.45) is 0.699. The van der Waals surface area contributed by atoms with Gasteiger partial charge in [0, 0.05) is 27.2 Å². The van der Waals surface area contributed by atoms with Gasteiger partial charge >= 0.3 is 0 Å². The van der Waals surface area contributed by atoms with Crippen LogP contribution in [0.15, 0.2) is 27.8 Å². The Morgan fingerprint density at radius 3 is 2.46 bits per heavy atom. The van der Waals surface area contributed by atoms with E-state index >= 15 is 0 Å². The third-order valence-corrected chi connectivity index (χ3v) is 4.05. The number of nitrogens with one attached hydrogen (secondary N) is 2. The molecule has 26 heavy (non-hydrogen) atoms. The van der Waals surface area contributed by atoms with Crippen LogP contribution in [0.2, 0.25) is 0 Å². The lowest BCUT2D eigenvalue weighted by molar-refractivity contribution is 0.0824. The molecule has 2 aromatic carbocycles. The number of carbonyl (C=O) groups excluding carboxylic acids is 1. The second kappa shape index (κ2) is 8.01.